The van der Waals surface area contributed by atoms with E-state index in [4.69, 9.17) is 5.73 Å². The molecule has 13 heavy (non-hydrogen) atoms. The van der Waals surface area contributed by atoms with Crippen LogP contribution < -0.4 is 16.4 Å². The maximum absolute atomic E-state index is 5.40. The van der Waals surface area contributed by atoms with Crippen LogP contribution in [-0.2, 0) is 0 Å². The highest BCUT2D eigenvalue weighted by Crippen LogP contribution is 1.97. The molecule has 0 heterocycles. The summed E-state index contributed by atoms with van der Waals surface area (Å²) in [5.74, 6) is 0.813. The fraction of sp³-hybridized carbons (Fsp3) is 0.600. The van der Waals surface area contributed by atoms with Gasteiger partial charge in [0.2, 0.25) is 0 Å². The van der Waals surface area contributed by atoms with Crippen LogP contribution in [0.3, 0.4) is 0 Å². The Morgan fingerprint density at radius 1 is 1.54 bits per heavy atom. The first-order valence-corrected chi connectivity index (χ1v) is 4.77. The predicted octanol–water partition coefficient (Wildman–Crippen LogP) is 1.65. The van der Waals surface area contributed by atoms with Crippen LogP contribution in [0.5, 0.6) is 0 Å². The van der Waals surface area contributed by atoms with Gasteiger partial charge in [-0.3, -0.25) is 0 Å². The lowest BCUT2D eigenvalue weighted by molar-refractivity contribution is 0.572. The van der Waals surface area contributed by atoms with Gasteiger partial charge in [-0.15, -0.1) is 0 Å². The maximum atomic E-state index is 5.40. The van der Waals surface area contributed by atoms with Crippen LogP contribution in [0.1, 0.15) is 33.6 Å². The summed E-state index contributed by atoms with van der Waals surface area (Å²) in [5, 5.41) is 6.34. The Labute approximate surface area is 81.1 Å². The van der Waals surface area contributed by atoms with Crippen molar-refractivity contribution in [1.29, 1.82) is 0 Å². The van der Waals surface area contributed by atoms with Crippen LogP contribution in [0.2, 0.25) is 0 Å². The number of hydrogen-bond acceptors (Lipinski definition) is 3. The van der Waals surface area contributed by atoms with Crippen molar-refractivity contribution in [1.82, 2.24) is 10.6 Å². The molecule has 1 atom stereocenters. The van der Waals surface area contributed by atoms with E-state index in [2.05, 4.69) is 31.1 Å². The smallest absolute Gasteiger partial charge is 0.0957 e. The van der Waals surface area contributed by atoms with Crippen LogP contribution in [0.4, 0.5) is 0 Å². The fourth-order valence-electron chi connectivity index (χ4n) is 0.877. The van der Waals surface area contributed by atoms with E-state index in [0.717, 1.165) is 24.4 Å². The van der Waals surface area contributed by atoms with E-state index in [1.54, 1.807) is 6.20 Å². The molecule has 0 rings (SSSR count). The first kappa shape index (κ1) is 11.9. The quantitative estimate of drug-likeness (QED) is 0.587. The van der Waals surface area contributed by atoms with Crippen LogP contribution >= 0.6 is 0 Å². The zero-order valence-electron chi connectivity index (χ0n) is 8.85. The lowest BCUT2D eigenvalue weighted by atomic mass is 10.2. The minimum atomic E-state index is 0.441. The number of nitrogens with one attached hydrogen (secondary N) is 2. The summed E-state index contributed by atoms with van der Waals surface area (Å²) in [4.78, 5) is 0. The third-order valence-corrected chi connectivity index (χ3v) is 1.93. The minimum absolute atomic E-state index is 0.441. The Bertz CT molecular complexity index is 185. The molecule has 0 bridgehead atoms. The van der Waals surface area contributed by atoms with Crippen LogP contribution in [-0.4, -0.2) is 6.04 Å². The summed E-state index contributed by atoms with van der Waals surface area (Å²) in [6, 6.07) is 0.441. The normalized spacial score (nSPS) is 13.6. The topological polar surface area (TPSA) is 50.1 Å². The van der Waals surface area contributed by atoms with Gasteiger partial charge >= 0.3 is 0 Å². The molecule has 0 aliphatic heterocycles. The average Bonchev–Trinajstić information content (AvgIpc) is 2.13. The van der Waals surface area contributed by atoms with Crippen molar-refractivity contribution in [2.75, 3.05) is 0 Å². The second-order valence-electron chi connectivity index (χ2n) is 3.10. The van der Waals surface area contributed by atoms with E-state index < -0.39 is 0 Å². The van der Waals surface area contributed by atoms with Gasteiger partial charge in [0.05, 0.1) is 5.82 Å². The Morgan fingerprint density at radius 3 is 2.54 bits per heavy atom. The molecule has 76 valence electrons. The molecule has 0 saturated carbocycles. The molecule has 3 nitrogen and oxygen atoms in total. The second kappa shape index (κ2) is 6.40. The Kier molecular flexibility index (Phi) is 5.85. The van der Waals surface area contributed by atoms with E-state index in [0.29, 0.717) is 6.04 Å². The Balaban J connectivity index is 3.87. The van der Waals surface area contributed by atoms with Crippen molar-refractivity contribution in [2.45, 2.75) is 39.7 Å². The van der Waals surface area contributed by atoms with Gasteiger partial charge in [0.15, 0.2) is 0 Å². The molecule has 0 aliphatic rings. The van der Waals surface area contributed by atoms with Gasteiger partial charge in [-0.05, 0) is 19.8 Å². The molecular formula is C10H21N3. The Morgan fingerprint density at radius 2 is 2.15 bits per heavy atom. The van der Waals surface area contributed by atoms with Gasteiger partial charge in [0, 0.05) is 17.9 Å². The number of hydrogen-bond donors (Lipinski definition) is 3. The van der Waals surface area contributed by atoms with Crippen molar-refractivity contribution in [3.05, 3.63) is 24.3 Å². The summed E-state index contributed by atoms with van der Waals surface area (Å²) in [7, 11) is 0. The average molecular weight is 183 g/mol. The zero-order valence-corrected chi connectivity index (χ0v) is 8.85. The number of rotatable bonds is 6. The van der Waals surface area contributed by atoms with E-state index in [-0.39, 0.29) is 0 Å². The molecule has 0 amide bonds. The van der Waals surface area contributed by atoms with Crippen LogP contribution in [0.25, 0.3) is 0 Å². The van der Waals surface area contributed by atoms with E-state index in [9.17, 15) is 0 Å². The molecule has 0 aromatic carbocycles. The third-order valence-electron chi connectivity index (χ3n) is 1.93. The van der Waals surface area contributed by atoms with Crippen molar-refractivity contribution < 1.29 is 0 Å². The van der Waals surface area contributed by atoms with E-state index >= 15 is 0 Å². The summed E-state index contributed by atoms with van der Waals surface area (Å²) in [6.07, 6.45) is 3.54. The lowest BCUT2D eigenvalue weighted by Crippen LogP contribution is -2.31. The van der Waals surface area contributed by atoms with Crippen molar-refractivity contribution >= 4 is 0 Å². The zero-order chi connectivity index (χ0) is 10.3. The molecule has 0 aromatic heterocycles. The van der Waals surface area contributed by atoms with E-state index in [1.807, 2.05) is 6.92 Å². The van der Waals surface area contributed by atoms with Crippen LogP contribution in [0, 0.1) is 0 Å². The highest BCUT2D eigenvalue weighted by Gasteiger charge is 1.99. The minimum Gasteiger partial charge on any atom is -0.403 e. The molecule has 1 unspecified atom stereocenters. The predicted molar refractivity (Wildman–Crippen MR) is 57.7 cm³/mol. The van der Waals surface area contributed by atoms with Gasteiger partial charge in [-0.2, -0.15) is 0 Å². The van der Waals surface area contributed by atoms with Crippen LogP contribution in [0.15, 0.2) is 24.3 Å². The summed E-state index contributed by atoms with van der Waals surface area (Å²) in [6.45, 7) is 10.1. The fourth-order valence-corrected chi connectivity index (χ4v) is 0.877. The Hall–Kier alpha value is -1.12. The largest absolute Gasteiger partial charge is 0.403 e. The molecule has 0 spiro atoms. The molecule has 3 heteroatoms. The van der Waals surface area contributed by atoms with Gasteiger partial charge in [-0.1, -0.05) is 20.4 Å². The molecule has 0 saturated heterocycles. The van der Waals surface area contributed by atoms with Crippen molar-refractivity contribution in [3.8, 4) is 0 Å². The van der Waals surface area contributed by atoms with Crippen molar-refractivity contribution in [2.24, 2.45) is 5.73 Å². The summed E-state index contributed by atoms with van der Waals surface area (Å²) >= 11 is 0. The standard InChI is InChI=1S/C10H21N3/c1-5-8(3)12-9(4)13-10(6-2)7-11/h7-8,12-13H,4-6,11H2,1-3H3/b10-7+. The second-order valence-corrected chi connectivity index (χ2v) is 3.10. The molecular weight excluding hydrogens is 162 g/mol. The number of nitrogens with two attached hydrogens (primary N) is 1. The highest BCUT2D eigenvalue weighted by molar-refractivity contribution is 5.05. The third kappa shape index (κ3) is 5.17. The van der Waals surface area contributed by atoms with Gasteiger partial charge in [0.1, 0.15) is 0 Å². The maximum Gasteiger partial charge on any atom is 0.0957 e. The van der Waals surface area contributed by atoms with E-state index in [1.165, 1.54) is 0 Å². The van der Waals surface area contributed by atoms with Gasteiger partial charge in [-0.25, -0.2) is 0 Å². The highest BCUT2D eigenvalue weighted by atomic mass is 15.1. The van der Waals surface area contributed by atoms with Gasteiger partial charge in [0.25, 0.3) is 0 Å². The number of allylic oxidation sites excluding steroid dienone is 1. The molecule has 0 aliphatic carbocycles. The molecule has 0 radical (unpaired) electrons. The lowest BCUT2D eigenvalue weighted by Gasteiger charge is -2.17. The SMILES string of the molecule is C=C(N/C(=C/N)CC)NC(C)CC. The molecule has 4 N–H and O–H groups in total. The molecule has 0 fully saturated rings. The first-order valence-electron chi connectivity index (χ1n) is 4.77. The van der Waals surface area contributed by atoms with Gasteiger partial charge < -0.3 is 16.4 Å². The molecule has 0 aromatic rings. The van der Waals surface area contributed by atoms with Crippen molar-refractivity contribution in [3.63, 3.8) is 0 Å². The summed E-state index contributed by atoms with van der Waals surface area (Å²) < 4.78 is 0. The first-order chi connectivity index (χ1) is 6.13. The summed E-state index contributed by atoms with van der Waals surface area (Å²) in [5.41, 5.74) is 6.39. The monoisotopic (exact) mass is 183 g/mol.